The summed E-state index contributed by atoms with van der Waals surface area (Å²) in [6.45, 7) is 2.20. The fourth-order valence-electron chi connectivity index (χ4n) is 2.20. The molecule has 1 aromatic rings. The van der Waals surface area contributed by atoms with E-state index < -0.39 is 10.0 Å². The van der Waals surface area contributed by atoms with Gasteiger partial charge in [0.05, 0.1) is 11.4 Å². The van der Waals surface area contributed by atoms with Crippen LogP contribution in [-0.2, 0) is 10.0 Å². The first-order valence-corrected chi connectivity index (χ1v) is 7.52. The highest BCUT2D eigenvalue weighted by molar-refractivity contribution is 7.92. The highest BCUT2D eigenvalue weighted by Crippen LogP contribution is 2.32. The lowest BCUT2D eigenvalue weighted by atomic mass is 10.0. The molecule has 1 aromatic carbocycles. The Morgan fingerprint density at radius 2 is 2.12 bits per heavy atom. The Kier molecular flexibility index (Phi) is 3.40. The van der Waals surface area contributed by atoms with Crippen molar-refractivity contribution in [1.29, 1.82) is 0 Å². The first-order chi connectivity index (χ1) is 8.06. The fourth-order valence-corrected chi connectivity index (χ4v) is 3.39. The summed E-state index contributed by atoms with van der Waals surface area (Å²) in [6.07, 6.45) is 1.63. The number of para-hydroxylation sites is 1. The minimum absolute atomic E-state index is 0.0664. The minimum Gasteiger partial charge on any atom is -0.324 e. The van der Waals surface area contributed by atoms with E-state index in [0.29, 0.717) is 6.54 Å². The Balaban J connectivity index is 2.53. The van der Waals surface area contributed by atoms with Crippen LogP contribution in [0.5, 0.6) is 0 Å². The van der Waals surface area contributed by atoms with Gasteiger partial charge in [0.2, 0.25) is 10.0 Å². The van der Waals surface area contributed by atoms with Gasteiger partial charge in [-0.05, 0) is 31.4 Å². The maximum atomic E-state index is 12.1. The van der Waals surface area contributed by atoms with Crippen molar-refractivity contribution in [2.45, 2.75) is 25.8 Å². The van der Waals surface area contributed by atoms with Gasteiger partial charge < -0.3 is 5.73 Å². The van der Waals surface area contributed by atoms with Crippen LogP contribution in [0.4, 0.5) is 5.69 Å². The third-order valence-corrected chi connectivity index (χ3v) is 4.96. The Morgan fingerprint density at radius 3 is 2.82 bits per heavy atom. The number of nitrogens with two attached hydrogens (primary N) is 1. The molecule has 0 amide bonds. The second-order valence-corrected chi connectivity index (χ2v) is 6.46. The van der Waals surface area contributed by atoms with E-state index in [9.17, 15) is 8.42 Å². The third kappa shape index (κ3) is 2.30. The van der Waals surface area contributed by atoms with Crippen molar-refractivity contribution >= 4 is 15.7 Å². The zero-order valence-corrected chi connectivity index (χ0v) is 10.8. The summed E-state index contributed by atoms with van der Waals surface area (Å²) in [4.78, 5) is 0. The van der Waals surface area contributed by atoms with E-state index in [1.807, 2.05) is 24.3 Å². The molecular formula is C12H18N2O2S. The quantitative estimate of drug-likeness (QED) is 0.872. The second kappa shape index (κ2) is 4.66. The van der Waals surface area contributed by atoms with E-state index in [-0.39, 0.29) is 11.8 Å². The first-order valence-electron chi connectivity index (χ1n) is 5.91. The van der Waals surface area contributed by atoms with E-state index >= 15 is 0 Å². The van der Waals surface area contributed by atoms with E-state index in [4.69, 9.17) is 5.73 Å². The zero-order chi connectivity index (χ0) is 12.5. The summed E-state index contributed by atoms with van der Waals surface area (Å²) in [5, 5.41) is 0. The lowest BCUT2D eigenvalue weighted by Gasteiger charge is -2.24. The van der Waals surface area contributed by atoms with Gasteiger partial charge in [0.25, 0.3) is 0 Å². The van der Waals surface area contributed by atoms with Crippen LogP contribution in [0.2, 0.25) is 0 Å². The first kappa shape index (κ1) is 12.4. The number of hydrogen-bond acceptors (Lipinski definition) is 3. The smallest absolute Gasteiger partial charge is 0.234 e. The summed E-state index contributed by atoms with van der Waals surface area (Å²) in [5.74, 6) is 0.122. The lowest BCUT2D eigenvalue weighted by molar-refractivity contribution is 0.588. The van der Waals surface area contributed by atoms with Gasteiger partial charge in [-0.3, -0.25) is 4.31 Å². The molecule has 1 aliphatic rings. The summed E-state index contributed by atoms with van der Waals surface area (Å²) in [5.41, 5.74) is 7.75. The topological polar surface area (TPSA) is 63.4 Å². The number of sulfonamides is 1. The molecule has 0 fully saturated rings. The molecule has 0 aromatic heterocycles. The highest BCUT2D eigenvalue weighted by atomic mass is 32.2. The Labute approximate surface area is 102 Å². The standard InChI is InChI=1S/C12H18N2O2S/c1-2-17(15,16)14-9-5-7-11(13)10-6-3-4-8-12(10)14/h3-4,6,8,11H,2,5,7,9,13H2,1H3. The molecule has 5 heteroatoms. The van der Waals surface area contributed by atoms with E-state index in [0.717, 1.165) is 24.1 Å². The molecular weight excluding hydrogens is 236 g/mol. The van der Waals surface area contributed by atoms with Gasteiger partial charge in [0.15, 0.2) is 0 Å². The van der Waals surface area contributed by atoms with Gasteiger partial charge in [0.1, 0.15) is 0 Å². The van der Waals surface area contributed by atoms with Crippen molar-refractivity contribution in [3.05, 3.63) is 29.8 Å². The fraction of sp³-hybridized carbons (Fsp3) is 0.500. The van der Waals surface area contributed by atoms with Gasteiger partial charge in [-0.25, -0.2) is 8.42 Å². The van der Waals surface area contributed by atoms with E-state index in [1.54, 1.807) is 6.92 Å². The molecule has 0 spiro atoms. The SMILES string of the molecule is CCS(=O)(=O)N1CCCC(N)c2ccccc21. The average Bonchev–Trinajstić information content (AvgIpc) is 2.50. The van der Waals surface area contributed by atoms with Gasteiger partial charge in [-0.1, -0.05) is 18.2 Å². The van der Waals surface area contributed by atoms with Crippen molar-refractivity contribution in [3.8, 4) is 0 Å². The van der Waals surface area contributed by atoms with Crippen molar-refractivity contribution < 1.29 is 8.42 Å². The number of anilines is 1. The van der Waals surface area contributed by atoms with Crippen molar-refractivity contribution in [3.63, 3.8) is 0 Å². The van der Waals surface area contributed by atoms with Gasteiger partial charge >= 0.3 is 0 Å². The summed E-state index contributed by atoms with van der Waals surface area (Å²) in [6, 6.07) is 7.45. The lowest BCUT2D eigenvalue weighted by Crippen LogP contribution is -2.33. The van der Waals surface area contributed by atoms with Crippen LogP contribution in [0.25, 0.3) is 0 Å². The molecule has 0 saturated carbocycles. The van der Waals surface area contributed by atoms with Gasteiger partial charge in [0, 0.05) is 12.6 Å². The van der Waals surface area contributed by atoms with Crippen LogP contribution >= 0.6 is 0 Å². The van der Waals surface area contributed by atoms with Crippen molar-refractivity contribution in [1.82, 2.24) is 0 Å². The average molecular weight is 254 g/mol. The monoisotopic (exact) mass is 254 g/mol. The van der Waals surface area contributed by atoms with Crippen LogP contribution in [0.1, 0.15) is 31.4 Å². The highest BCUT2D eigenvalue weighted by Gasteiger charge is 2.26. The number of rotatable bonds is 2. The van der Waals surface area contributed by atoms with Crippen molar-refractivity contribution in [2.75, 3.05) is 16.6 Å². The number of hydrogen-bond donors (Lipinski definition) is 1. The molecule has 94 valence electrons. The predicted molar refractivity (Wildman–Crippen MR) is 69.4 cm³/mol. The normalized spacial score (nSPS) is 20.8. The Morgan fingerprint density at radius 1 is 1.41 bits per heavy atom. The Bertz CT molecular complexity index is 499. The molecule has 2 rings (SSSR count). The third-order valence-electron chi connectivity index (χ3n) is 3.18. The molecule has 1 heterocycles. The van der Waals surface area contributed by atoms with Gasteiger partial charge in [-0.2, -0.15) is 0 Å². The predicted octanol–water partition coefficient (Wildman–Crippen LogP) is 1.64. The minimum atomic E-state index is -3.20. The van der Waals surface area contributed by atoms with Crippen LogP contribution in [-0.4, -0.2) is 20.7 Å². The largest absolute Gasteiger partial charge is 0.324 e. The van der Waals surface area contributed by atoms with Crippen LogP contribution < -0.4 is 10.0 Å². The summed E-state index contributed by atoms with van der Waals surface area (Å²) < 4.78 is 25.6. The Hall–Kier alpha value is -1.07. The molecule has 0 aliphatic carbocycles. The molecule has 1 atom stereocenters. The van der Waals surface area contributed by atoms with Crippen LogP contribution in [0, 0.1) is 0 Å². The number of fused-ring (bicyclic) bond motifs is 1. The molecule has 17 heavy (non-hydrogen) atoms. The molecule has 4 nitrogen and oxygen atoms in total. The van der Waals surface area contributed by atoms with Gasteiger partial charge in [-0.15, -0.1) is 0 Å². The molecule has 1 aliphatic heterocycles. The number of nitrogens with zero attached hydrogens (tertiary/aromatic N) is 1. The van der Waals surface area contributed by atoms with Crippen LogP contribution in [0.15, 0.2) is 24.3 Å². The van der Waals surface area contributed by atoms with E-state index in [2.05, 4.69) is 0 Å². The van der Waals surface area contributed by atoms with Crippen LogP contribution in [0.3, 0.4) is 0 Å². The maximum absolute atomic E-state index is 12.1. The molecule has 0 radical (unpaired) electrons. The summed E-state index contributed by atoms with van der Waals surface area (Å²) >= 11 is 0. The molecule has 0 bridgehead atoms. The zero-order valence-electron chi connectivity index (χ0n) is 9.96. The molecule has 2 N–H and O–H groups in total. The number of benzene rings is 1. The second-order valence-electron chi connectivity index (χ2n) is 4.28. The molecule has 1 unspecified atom stereocenters. The maximum Gasteiger partial charge on any atom is 0.234 e. The van der Waals surface area contributed by atoms with E-state index in [1.165, 1.54) is 4.31 Å². The molecule has 0 saturated heterocycles. The van der Waals surface area contributed by atoms with Crippen molar-refractivity contribution in [2.24, 2.45) is 5.73 Å². The summed E-state index contributed by atoms with van der Waals surface area (Å²) in [7, 11) is -3.20.